The third kappa shape index (κ3) is 4.80. The highest BCUT2D eigenvalue weighted by molar-refractivity contribution is 5.76. The number of hydrogen-bond donors (Lipinski definition) is 2. The summed E-state index contributed by atoms with van der Waals surface area (Å²) in [6.45, 7) is 0.734. The van der Waals surface area contributed by atoms with Crippen molar-refractivity contribution in [2.24, 2.45) is 17.8 Å². The van der Waals surface area contributed by atoms with E-state index in [1.165, 1.54) is 32.1 Å². The molecule has 0 bridgehead atoms. The molecule has 20 heavy (non-hydrogen) atoms. The van der Waals surface area contributed by atoms with E-state index in [1.807, 2.05) is 0 Å². The van der Waals surface area contributed by atoms with E-state index >= 15 is 0 Å². The lowest BCUT2D eigenvalue weighted by Gasteiger charge is -2.26. The Morgan fingerprint density at radius 1 is 0.900 bits per heavy atom. The smallest absolute Gasteiger partial charge is 0.306 e. The number of carboxylic acid groups (broad SMARTS) is 1. The van der Waals surface area contributed by atoms with Gasteiger partial charge in [0.15, 0.2) is 0 Å². The summed E-state index contributed by atoms with van der Waals surface area (Å²) in [6, 6.07) is 0. The molecular formula is C16H27NO3. The Morgan fingerprint density at radius 3 is 2.15 bits per heavy atom. The molecule has 2 N–H and O–H groups in total. The fraction of sp³-hybridized carbons (Fsp3) is 0.875. The molecule has 2 aliphatic rings. The standard InChI is InChI=1S/C16H27NO3/c18-15(10-12-4-2-1-3-5-12)17-11-13-6-8-14(9-7-13)16(19)20/h12-14H,1-11H2,(H,17,18)(H,19,20). The molecule has 0 aromatic carbocycles. The molecule has 0 aliphatic heterocycles. The fourth-order valence-corrected chi connectivity index (χ4v) is 3.60. The van der Waals surface area contributed by atoms with Gasteiger partial charge in [-0.05, 0) is 50.4 Å². The predicted octanol–water partition coefficient (Wildman–Crippen LogP) is 2.96. The van der Waals surface area contributed by atoms with Gasteiger partial charge < -0.3 is 10.4 Å². The first-order valence-corrected chi connectivity index (χ1v) is 8.14. The van der Waals surface area contributed by atoms with Crippen LogP contribution in [0.4, 0.5) is 0 Å². The Hall–Kier alpha value is -1.06. The molecule has 0 spiro atoms. The van der Waals surface area contributed by atoms with Gasteiger partial charge in [-0.1, -0.05) is 19.3 Å². The van der Waals surface area contributed by atoms with Crippen LogP contribution in [0.5, 0.6) is 0 Å². The highest BCUT2D eigenvalue weighted by Crippen LogP contribution is 2.29. The Balaban J connectivity index is 1.60. The number of nitrogens with one attached hydrogen (secondary N) is 1. The SMILES string of the molecule is O=C(CC1CCCCC1)NCC1CCC(C(=O)O)CC1. The lowest BCUT2D eigenvalue weighted by Crippen LogP contribution is -2.33. The highest BCUT2D eigenvalue weighted by Gasteiger charge is 2.26. The molecule has 2 fully saturated rings. The van der Waals surface area contributed by atoms with Crippen LogP contribution >= 0.6 is 0 Å². The number of rotatable bonds is 5. The van der Waals surface area contributed by atoms with Gasteiger partial charge >= 0.3 is 5.97 Å². The molecular weight excluding hydrogens is 254 g/mol. The van der Waals surface area contributed by atoms with Crippen molar-refractivity contribution in [2.75, 3.05) is 6.54 Å². The molecule has 0 atom stereocenters. The summed E-state index contributed by atoms with van der Waals surface area (Å²) in [5.41, 5.74) is 0. The molecule has 2 rings (SSSR count). The average molecular weight is 281 g/mol. The second-order valence-electron chi connectivity index (χ2n) is 6.57. The summed E-state index contributed by atoms with van der Waals surface area (Å²) < 4.78 is 0. The van der Waals surface area contributed by atoms with Crippen LogP contribution in [0.1, 0.15) is 64.2 Å². The molecule has 0 radical (unpaired) electrons. The van der Waals surface area contributed by atoms with Crippen LogP contribution in [-0.2, 0) is 9.59 Å². The number of carboxylic acids is 1. The molecule has 4 nitrogen and oxygen atoms in total. The maximum Gasteiger partial charge on any atom is 0.306 e. The topological polar surface area (TPSA) is 66.4 Å². The van der Waals surface area contributed by atoms with Crippen LogP contribution in [0, 0.1) is 17.8 Å². The minimum absolute atomic E-state index is 0.163. The van der Waals surface area contributed by atoms with E-state index in [2.05, 4.69) is 5.32 Å². The van der Waals surface area contributed by atoms with Crippen molar-refractivity contribution < 1.29 is 14.7 Å². The number of aliphatic carboxylic acids is 1. The van der Waals surface area contributed by atoms with Crippen molar-refractivity contribution in [1.29, 1.82) is 0 Å². The first kappa shape index (κ1) is 15.3. The maximum absolute atomic E-state index is 11.9. The van der Waals surface area contributed by atoms with Crippen LogP contribution in [0.2, 0.25) is 0 Å². The third-order valence-corrected chi connectivity index (χ3v) is 4.98. The van der Waals surface area contributed by atoms with Crippen molar-refractivity contribution in [3.8, 4) is 0 Å². The van der Waals surface area contributed by atoms with Gasteiger partial charge in [-0.25, -0.2) is 0 Å². The zero-order chi connectivity index (χ0) is 14.4. The number of carbonyl (C=O) groups excluding carboxylic acids is 1. The second-order valence-corrected chi connectivity index (χ2v) is 6.57. The van der Waals surface area contributed by atoms with Crippen LogP contribution < -0.4 is 5.32 Å². The third-order valence-electron chi connectivity index (χ3n) is 4.98. The number of carbonyl (C=O) groups is 2. The molecule has 0 unspecified atom stereocenters. The molecule has 4 heteroatoms. The van der Waals surface area contributed by atoms with E-state index in [1.54, 1.807) is 0 Å². The minimum Gasteiger partial charge on any atom is -0.481 e. The normalized spacial score (nSPS) is 28.0. The van der Waals surface area contributed by atoms with Crippen molar-refractivity contribution in [3.05, 3.63) is 0 Å². The monoisotopic (exact) mass is 281 g/mol. The van der Waals surface area contributed by atoms with Gasteiger partial charge in [0.2, 0.25) is 5.91 Å². The highest BCUT2D eigenvalue weighted by atomic mass is 16.4. The molecule has 2 saturated carbocycles. The Morgan fingerprint density at radius 2 is 1.55 bits per heavy atom. The number of hydrogen-bond acceptors (Lipinski definition) is 2. The predicted molar refractivity (Wildman–Crippen MR) is 77.3 cm³/mol. The molecule has 114 valence electrons. The van der Waals surface area contributed by atoms with Crippen LogP contribution in [0.25, 0.3) is 0 Å². The van der Waals surface area contributed by atoms with Crippen molar-refractivity contribution in [3.63, 3.8) is 0 Å². The van der Waals surface area contributed by atoms with Gasteiger partial charge in [0.25, 0.3) is 0 Å². The van der Waals surface area contributed by atoms with Crippen LogP contribution in [-0.4, -0.2) is 23.5 Å². The summed E-state index contributed by atoms with van der Waals surface area (Å²) in [4.78, 5) is 22.8. The minimum atomic E-state index is -0.662. The van der Waals surface area contributed by atoms with Crippen LogP contribution in [0.3, 0.4) is 0 Å². The number of amides is 1. The van der Waals surface area contributed by atoms with Gasteiger partial charge in [-0.2, -0.15) is 0 Å². The Kier molecular flexibility index (Phi) is 5.86. The van der Waals surface area contributed by atoms with E-state index in [-0.39, 0.29) is 11.8 Å². The van der Waals surface area contributed by atoms with Crippen molar-refractivity contribution in [2.45, 2.75) is 64.2 Å². The quantitative estimate of drug-likeness (QED) is 0.814. The van der Waals surface area contributed by atoms with E-state index in [0.717, 1.165) is 32.2 Å². The largest absolute Gasteiger partial charge is 0.481 e. The van der Waals surface area contributed by atoms with E-state index < -0.39 is 5.97 Å². The fourth-order valence-electron chi connectivity index (χ4n) is 3.60. The summed E-state index contributed by atoms with van der Waals surface area (Å²) in [6.07, 6.45) is 10.4. The van der Waals surface area contributed by atoms with Crippen LogP contribution in [0.15, 0.2) is 0 Å². The van der Waals surface area contributed by atoms with Crippen molar-refractivity contribution in [1.82, 2.24) is 5.32 Å². The summed E-state index contributed by atoms with van der Waals surface area (Å²) in [5, 5.41) is 12.0. The van der Waals surface area contributed by atoms with Crippen molar-refractivity contribution >= 4 is 11.9 Å². The zero-order valence-corrected chi connectivity index (χ0v) is 12.3. The van der Waals surface area contributed by atoms with E-state index in [4.69, 9.17) is 5.11 Å². The molecule has 0 aromatic heterocycles. The molecule has 0 saturated heterocycles. The Bertz CT molecular complexity index is 329. The first-order valence-electron chi connectivity index (χ1n) is 8.14. The van der Waals surface area contributed by atoms with E-state index in [9.17, 15) is 9.59 Å². The summed E-state index contributed by atoms with van der Waals surface area (Å²) in [7, 11) is 0. The summed E-state index contributed by atoms with van der Waals surface area (Å²) in [5.74, 6) is 0.429. The van der Waals surface area contributed by atoms with Gasteiger partial charge in [0, 0.05) is 13.0 Å². The second kappa shape index (κ2) is 7.65. The molecule has 1 amide bonds. The van der Waals surface area contributed by atoms with Gasteiger partial charge in [0.1, 0.15) is 0 Å². The molecule has 0 aromatic rings. The van der Waals surface area contributed by atoms with Gasteiger partial charge in [0.05, 0.1) is 5.92 Å². The summed E-state index contributed by atoms with van der Waals surface area (Å²) >= 11 is 0. The average Bonchev–Trinajstić information content (AvgIpc) is 2.46. The first-order chi connectivity index (χ1) is 9.65. The maximum atomic E-state index is 11.9. The zero-order valence-electron chi connectivity index (χ0n) is 12.3. The van der Waals surface area contributed by atoms with Gasteiger partial charge in [-0.3, -0.25) is 9.59 Å². The Labute approximate surface area is 121 Å². The lowest BCUT2D eigenvalue weighted by molar-refractivity contribution is -0.143. The lowest BCUT2D eigenvalue weighted by atomic mass is 9.82. The van der Waals surface area contributed by atoms with E-state index in [0.29, 0.717) is 18.3 Å². The molecule has 2 aliphatic carbocycles. The van der Waals surface area contributed by atoms with Gasteiger partial charge in [-0.15, -0.1) is 0 Å². The molecule has 0 heterocycles.